The number of amides is 1. The maximum Gasteiger partial charge on any atom is 0.244 e. The standard InChI is InChI=1S/C23H24FN3O2/c1-16(25-23(28)12-9-17-7-10-20(24)11-8-17)18-5-4-6-19(13-18)22-14-21(29-26-22)15-27(2)3/h4-14,16H,15H2,1-3H3,(H,25,28)/b12-9+/t16-/m0/s1. The average Bonchev–Trinajstić information content (AvgIpc) is 3.15. The van der Waals surface area contributed by atoms with Crippen LogP contribution < -0.4 is 5.32 Å². The van der Waals surface area contributed by atoms with E-state index in [1.807, 2.05) is 56.3 Å². The fraction of sp³-hybridized carbons (Fsp3) is 0.217. The highest BCUT2D eigenvalue weighted by Crippen LogP contribution is 2.23. The van der Waals surface area contributed by atoms with Gasteiger partial charge in [0.15, 0.2) is 5.76 Å². The molecule has 1 atom stereocenters. The Morgan fingerprint density at radius 3 is 2.69 bits per heavy atom. The monoisotopic (exact) mass is 393 g/mol. The van der Waals surface area contributed by atoms with Crippen LogP contribution >= 0.6 is 0 Å². The molecule has 0 bridgehead atoms. The van der Waals surface area contributed by atoms with Crippen molar-refractivity contribution in [2.24, 2.45) is 0 Å². The van der Waals surface area contributed by atoms with Gasteiger partial charge in [0, 0.05) is 17.7 Å². The molecule has 0 fully saturated rings. The molecule has 0 saturated carbocycles. The Bertz CT molecular complexity index is 993. The Hall–Kier alpha value is -3.25. The van der Waals surface area contributed by atoms with E-state index in [1.54, 1.807) is 18.2 Å². The number of hydrogen-bond acceptors (Lipinski definition) is 4. The molecule has 1 N–H and O–H groups in total. The number of aromatic nitrogens is 1. The van der Waals surface area contributed by atoms with E-state index in [2.05, 4.69) is 10.5 Å². The maximum absolute atomic E-state index is 12.9. The number of rotatable bonds is 7. The van der Waals surface area contributed by atoms with Gasteiger partial charge in [-0.3, -0.25) is 4.79 Å². The molecule has 1 heterocycles. The van der Waals surface area contributed by atoms with Crippen LogP contribution in [0, 0.1) is 5.82 Å². The summed E-state index contributed by atoms with van der Waals surface area (Å²) in [5, 5.41) is 7.08. The lowest BCUT2D eigenvalue weighted by Crippen LogP contribution is -2.24. The molecule has 150 valence electrons. The molecule has 5 nitrogen and oxygen atoms in total. The predicted octanol–water partition coefficient (Wildman–Crippen LogP) is 4.43. The van der Waals surface area contributed by atoms with Gasteiger partial charge in [0.1, 0.15) is 11.5 Å². The number of carbonyl (C=O) groups excluding carboxylic acids is 1. The first kappa shape index (κ1) is 20.5. The minimum absolute atomic E-state index is 0.187. The van der Waals surface area contributed by atoms with Crippen LogP contribution in [-0.2, 0) is 11.3 Å². The minimum Gasteiger partial charge on any atom is -0.359 e. The van der Waals surface area contributed by atoms with Gasteiger partial charge in [-0.2, -0.15) is 0 Å². The van der Waals surface area contributed by atoms with Crippen molar-refractivity contribution in [2.75, 3.05) is 14.1 Å². The summed E-state index contributed by atoms with van der Waals surface area (Å²) >= 11 is 0. The van der Waals surface area contributed by atoms with Crippen LogP contribution in [0.15, 0.2) is 65.2 Å². The quantitative estimate of drug-likeness (QED) is 0.603. The summed E-state index contributed by atoms with van der Waals surface area (Å²) in [5.41, 5.74) is 3.41. The molecule has 0 unspecified atom stereocenters. The highest BCUT2D eigenvalue weighted by Gasteiger charge is 2.11. The minimum atomic E-state index is -0.305. The molecule has 29 heavy (non-hydrogen) atoms. The molecular formula is C23H24FN3O2. The van der Waals surface area contributed by atoms with Crippen LogP contribution in [-0.4, -0.2) is 30.1 Å². The molecule has 0 aliphatic heterocycles. The summed E-state index contributed by atoms with van der Waals surface area (Å²) in [6.45, 7) is 2.60. The summed E-state index contributed by atoms with van der Waals surface area (Å²) in [5.74, 6) is 0.269. The normalized spacial score (nSPS) is 12.4. The third-order valence-electron chi connectivity index (χ3n) is 4.37. The van der Waals surface area contributed by atoms with Gasteiger partial charge < -0.3 is 14.7 Å². The fourth-order valence-corrected chi connectivity index (χ4v) is 2.89. The number of nitrogens with zero attached hydrogens (tertiary/aromatic N) is 2. The molecule has 1 amide bonds. The Balaban J connectivity index is 1.65. The van der Waals surface area contributed by atoms with Crippen molar-refractivity contribution in [1.82, 2.24) is 15.4 Å². The van der Waals surface area contributed by atoms with Crippen LogP contribution in [0.2, 0.25) is 0 Å². The summed E-state index contributed by atoms with van der Waals surface area (Å²) in [6, 6.07) is 15.5. The van der Waals surface area contributed by atoms with Gasteiger partial charge in [-0.1, -0.05) is 35.5 Å². The SMILES string of the molecule is C[C@H](NC(=O)/C=C/c1ccc(F)cc1)c1cccc(-c2cc(CN(C)C)on2)c1. The second-order valence-corrected chi connectivity index (χ2v) is 7.16. The van der Waals surface area contributed by atoms with Gasteiger partial charge in [0.2, 0.25) is 5.91 Å². The molecule has 1 aromatic heterocycles. The zero-order valence-corrected chi connectivity index (χ0v) is 16.7. The molecule has 0 radical (unpaired) electrons. The van der Waals surface area contributed by atoms with E-state index in [0.717, 1.165) is 28.1 Å². The molecule has 0 aliphatic rings. The van der Waals surface area contributed by atoms with Crippen molar-refractivity contribution in [3.05, 3.63) is 83.4 Å². The van der Waals surface area contributed by atoms with E-state index in [4.69, 9.17) is 4.52 Å². The van der Waals surface area contributed by atoms with E-state index in [0.29, 0.717) is 6.54 Å². The van der Waals surface area contributed by atoms with Crippen LogP contribution in [0.25, 0.3) is 17.3 Å². The molecule has 0 saturated heterocycles. The van der Waals surface area contributed by atoms with E-state index < -0.39 is 0 Å². The Morgan fingerprint density at radius 1 is 1.21 bits per heavy atom. The first-order chi connectivity index (χ1) is 13.9. The van der Waals surface area contributed by atoms with Crippen molar-refractivity contribution in [3.63, 3.8) is 0 Å². The molecular weight excluding hydrogens is 369 g/mol. The first-order valence-electron chi connectivity index (χ1n) is 9.35. The summed E-state index contributed by atoms with van der Waals surface area (Å²) in [6.07, 6.45) is 3.10. The smallest absolute Gasteiger partial charge is 0.244 e. The topological polar surface area (TPSA) is 58.4 Å². The van der Waals surface area contributed by atoms with E-state index in [9.17, 15) is 9.18 Å². The maximum atomic E-state index is 12.9. The largest absolute Gasteiger partial charge is 0.359 e. The van der Waals surface area contributed by atoms with E-state index in [-0.39, 0.29) is 17.8 Å². The number of carbonyl (C=O) groups is 1. The van der Waals surface area contributed by atoms with Gasteiger partial charge in [-0.15, -0.1) is 0 Å². The van der Waals surface area contributed by atoms with Crippen LogP contribution in [0.1, 0.15) is 29.9 Å². The van der Waals surface area contributed by atoms with Gasteiger partial charge in [0.25, 0.3) is 0 Å². The second kappa shape index (κ2) is 9.30. The second-order valence-electron chi connectivity index (χ2n) is 7.16. The number of benzene rings is 2. The summed E-state index contributed by atoms with van der Waals surface area (Å²) in [4.78, 5) is 14.2. The first-order valence-corrected chi connectivity index (χ1v) is 9.35. The fourth-order valence-electron chi connectivity index (χ4n) is 2.89. The zero-order chi connectivity index (χ0) is 20.8. The summed E-state index contributed by atoms with van der Waals surface area (Å²) < 4.78 is 18.3. The number of nitrogens with one attached hydrogen (secondary N) is 1. The highest BCUT2D eigenvalue weighted by atomic mass is 19.1. The lowest BCUT2D eigenvalue weighted by atomic mass is 10.0. The van der Waals surface area contributed by atoms with E-state index >= 15 is 0 Å². The van der Waals surface area contributed by atoms with Gasteiger partial charge in [-0.25, -0.2) is 4.39 Å². The van der Waals surface area contributed by atoms with Gasteiger partial charge in [-0.05, 0) is 56.4 Å². The number of halogens is 1. The Labute approximate surface area is 169 Å². The summed E-state index contributed by atoms with van der Waals surface area (Å²) in [7, 11) is 3.94. The zero-order valence-electron chi connectivity index (χ0n) is 16.7. The van der Waals surface area contributed by atoms with Crippen LogP contribution in [0.3, 0.4) is 0 Å². The third-order valence-corrected chi connectivity index (χ3v) is 4.37. The lowest BCUT2D eigenvalue weighted by molar-refractivity contribution is -0.117. The van der Waals surface area contributed by atoms with Crippen molar-refractivity contribution < 1.29 is 13.7 Å². The third kappa shape index (κ3) is 5.86. The lowest BCUT2D eigenvalue weighted by Gasteiger charge is -2.13. The van der Waals surface area contributed by atoms with Crippen molar-refractivity contribution in [1.29, 1.82) is 0 Å². The van der Waals surface area contributed by atoms with Crippen molar-refractivity contribution >= 4 is 12.0 Å². The molecule has 3 aromatic rings. The molecule has 0 aliphatic carbocycles. The van der Waals surface area contributed by atoms with Gasteiger partial charge in [0.05, 0.1) is 12.6 Å². The highest BCUT2D eigenvalue weighted by molar-refractivity contribution is 5.92. The Kier molecular flexibility index (Phi) is 6.57. The van der Waals surface area contributed by atoms with Gasteiger partial charge >= 0.3 is 0 Å². The molecule has 6 heteroatoms. The van der Waals surface area contributed by atoms with Crippen molar-refractivity contribution in [2.45, 2.75) is 19.5 Å². The average molecular weight is 393 g/mol. The van der Waals surface area contributed by atoms with Crippen molar-refractivity contribution in [3.8, 4) is 11.3 Å². The molecule has 3 rings (SSSR count). The Morgan fingerprint density at radius 2 is 1.97 bits per heavy atom. The van der Waals surface area contributed by atoms with Crippen LogP contribution in [0.5, 0.6) is 0 Å². The number of hydrogen-bond donors (Lipinski definition) is 1. The molecule has 0 spiro atoms. The predicted molar refractivity (Wildman–Crippen MR) is 111 cm³/mol. The molecule has 2 aromatic carbocycles. The van der Waals surface area contributed by atoms with Crippen LogP contribution in [0.4, 0.5) is 4.39 Å². The van der Waals surface area contributed by atoms with E-state index in [1.165, 1.54) is 18.2 Å².